The van der Waals surface area contributed by atoms with E-state index in [4.69, 9.17) is 20.9 Å². The number of nitrogens with zero attached hydrogens (tertiary/aromatic N) is 6. The normalized spacial score (nSPS) is 14.5. The van der Waals surface area contributed by atoms with Gasteiger partial charge in [0, 0.05) is 61.1 Å². The predicted octanol–water partition coefficient (Wildman–Crippen LogP) is 2.07. The molecule has 1 unspecified atom stereocenters. The quantitative estimate of drug-likeness (QED) is 0.114. The second-order valence-electron chi connectivity index (χ2n) is 12.3. The van der Waals surface area contributed by atoms with Crippen molar-refractivity contribution in [3.05, 3.63) is 0 Å². The maximum Gasteiger partial charge on any atom is 0.329 e. The summed E-state index contributed by atoms with van der Waals surface area (Å²) in [6.07, 6.45) is 3.12. The molecule has 2 aromatic rings. The molecule has 0 aromatic carbocycles. The van der Waals surface area contributed by atoms with Gasteiger partial charge in [-0.15, -0.1) is 8.75 Å². The Balaban J connectivity index is 0.000000480. The smallest absolute Gasteiger partial charge is 0.329 e. The molecule has 0 aliphatic heterocycles. The van der Waals surface area contributed by atoms with Gasteiger partial charge >= 0.3 is 12.0 Å². The van der Waals surface area contributed by atoms with Crippen LogP contribution in [0.25, 0.3) is 0 Å². The van der Waals surface area contributed by atoms with Crippen LogP contribution in [0, 0.1) is 23.7 Å². The minimum Gasteiger partial charge on any atom is -0.861 e. The standard InChI is InChI=1S/2C15H27N5O3S/c1-9(2)5-6-17-13(22)11(16)7-10(3)8-12(21)18-15-19-14(23-4)20-24-15;1-9(2)7-8-17-13(22)12(16)10(3)5-6-11(21)18-15-19-14(23-4)20-24-15/h9-11H,5-8,16H2,1-4H3,(H,17,22)(H,18,19,20,21);9-10,12H,5-8,16H2,1-4H3,(H,17,22)(H,18,19,20,21)/p-2/t10?,11-;10-,12-/m00/s1. The van der Waals surface area contributed by atoms with Crippen LogP contribution in [0.2, 0.25) is 0 Å². The SMILES string of the molecule is COc1nsc(NC(=O)CC(C)C[C@H](N)C([O-])=NCCC(C)C)n1.COc1nsc(NC(=O)CC[C@H](C)[C@H](N)C([O-])=NCCC(C)C)n1. The molecular weight excluding hydrogens is 661 g/mol. The van der Waals surface area contributed by atoms with E-state index in [0.29, 0.717) is 48.0 Å². The summed E-state index contributed by atoms with van der Waals surface area (Å²) in [4.78, 5) is 39.8. The molecule has 48 heavy (non-hydrogen) atoms. The number of carbonyl (C=O) groups is 2. The molecule has 4 atom stereocenters. The third kappa shape index (κ3) is 18.2. The molecule has 0 fully saturated rings. The maximum absolute atomic E-state index is 12.0. The second-order valence-corrected chi connectivity index (χ2v) is 13.8. The van der Waals surface area contributed by atoms with Crippen molar-refractivity contribution in [3.63, 3.8) is 0 Å². The summed E-state index contributed by atoms with van der Waals surface area (Å²) in [6.45, 7) is 13.0. The van der Waals surface area contributed by atoms with E-state index >= 15 is 0 Å². The van der Waals surface area contributed by atoms with E-state index in [9.17, 15) is 19.8 Å². The first-order chi connectivity index (χ1) is 22.6. The molecule has 0 saturated heterocycles. The van der Waals surface area contributed by atoms with Crippen LogP contribution in [0.4, 0.5) is 10.3 Å². The number of nitrogens with two attached hydrogens (primary N) is 2. The summed E-state index contributed by atoms with van der Waals surface area (Å²) in [5, 5.41) is 29.8. The van der Waals surface area contributed by atoms with E-state index in [-0.39, 0.29) is 60.3 Å². The minimum absolute atomic E-state index is 0.0425. The average molecular weight is 713 g/mol. The molecule has 0 aliphatic rings. The Kier molecular flexibility index (Phi) is 20.4. The summed E-state index contributed by atoms with van der Waals surface area (Å²) >= 11 is 2.10. The number of amides is 2. The highest BCUT2D eigenvalue weighted by Gasteiger charge is 2.17. The first-order valence-electron chi connectivity index (χ1n) is 15.9. The number of ether oxygens (including phenoxy) is 2. The van der Waals surface area contributed by atoms with Crippen molar-refractivity contribution < 1.29 is 29.3 Å². The van der Waals surface area contributed by atoms with E-state index in [1.54, 1.807) is 0 Å². The Labute approximate surface area is 291 Å². The fraction of sp³-hybridized carbons (Fsp3) is 0.733. The lowest BCUT2D eigenvalue weighted by atomic mass is 9.97. The number of rotatable bonds is 20. The number of methoxy groups -OCH3 is 2. The number of aromatic nitrogens is 4. The van der Waals surface area contributed by atoms with Crippen molar-refractivity contribution in [2.45, 2.75) is 92.2 Å². The van der Waals surface area contributed by atoms with E-state index in [1.807, 2.05) is 13.8 Å². The zero-order chi connectivity index (χ0) is 36.2. The Bertz CT molecular complexity index is 1290. The Hall–Kier alpha value is -3.48. The van der Waals surface area contributed by atoms with Gasteiger partial charge in [-0.2, -0.15) is 9.97 Å². The molecule has 2 amide bonds. The highest BCUT2D eigenvalue weighted by molar-refractivity contribution is 7.10. The second kappa shape index (κ2) is 23.0. The number of anilines is 2. The van der Waals surface area contributed by atoms with Crippen LogP contribution in [0.15, 0.2) is 9.98 Å². The lowest BCUT2D eigenvalue weighted by Crippen LogP contribution is -2.44. The summed E-state index contributed by atoms with van der Waals surface area (Å²) in [7, 11) is 2.92. The molecule has 0 saturated carbocycles. The zero-order valence-corrected chi connectivity index (χ0v) is 30.9. The van der Waals surface area contributed by atoms with Crippen molar-refractivity contribution in [2.24, 2.45) is 45.1 Å². The molecule has 0 aliphatic carbocycles. The molecular formula is C30H52N10O6S2-2. The topological polar surface area (TPSA) is 251 Å². The summed E-state index contributed by atoms with van der Waals surface area (Å²) in [5.74, 6) is -0.157. The van der Waals surface area contributed by atoms with Crippen LogP contribution < -0.4 is 41.8 Å². The van der Waals surface area contributed by atoms with E-state index in [2.05, 4.69) is 67.0 Å². The van der Waals surface area contributed by atoms with Gasteiger partial charge in [-0.05, 0) is 61.2 Å². The fourth-order valence-electron chi connectivity index (χ4n) is 3.84. The number of nitrogens with one attached hydrogen (secondary N) is 2. The van der Waals surface area contributed by atoms with Gasteiger partial charge in [0.1, 0.15) is 0 Å². The molecule has 18 heteroatoms. The monoisotopic (exact) mass is 712 g/mol. The molecule has 0 spiro atoms. The third-order valence-electron chi connectivity index (χ3n) is 6.85. The van der Waals surface area contributed by atoms with Crippen molar-refractivity contribution in [3.8, 4) is 12.0 Å². The first kappa shape index (κ1) is 42.5. The van der Waals surface area contributed by atoms with Gasteiger partial charge in [0.15, 0.2) is 0 Å². The van der Waals surface area contributed by atoms with Crippen LogP contribution in [-0.2, 0) is 9.59 Å². The van der Waals surface area contributed by atoms with Crippen molar-refractivity contribution in [2.75, 3.05) is 37.9 Å². The number of hydrogen-bond acceptors (Lipinski definition) is 16. The predicted molar refractivity (Wildman–Crippen MR) is 186 cm³/mol. The summed E-state index contributed by atoms with van der Waals surface area (Å²) in [6, 6.07) is -0.897. The van der Waals surface area contributed by atoms with Crippen LogP contribution in [0.5, 0.6) is 12.0 Å². The van der Waals surface area contributed by atoms with Gasteiger partial charge in [-0.3, -0.25) is 9.59 Å². The summed E-state index contributed by atoms with van der Waals surface area (Å²) in [5.41, 5.74) is 11.8. The van der Waals surface area contributed by atoms with Crippen LogP contribution in [-0.4, -0.2) is 81.7 Å². The van der Waals surface area contributed by atoms with Crippen molar-refractivity contribution in [1.29, 1.82) is 0 Å². The Morgan fingerprint density at radius 1 is 0.792 bits per heavy atom. The van der Waals surface area contributed by atoms with Crippen molar-refractivity contribution >= 4 is 56.9 Å². The van der Waals surface area contributed by atoms with Gasteiger partial charge in [-0.25, -0.2) is 0 Å². The van der Waals surface area contributed by atoms with Crippen LogP contribution in [0.1, 0.15) is 80.1 Å². The lowest BCUT2D eigenvalue weighted by Gasteiger charge is -2.25. The number of hydrogen-bond donors (Lipinski definition) is 4. The van der Waals surface area contributed by atoms with Crippen molar-refractivity contribution in [1.82, 2.24) is 18.7 Å². The minimum atomic E-state index is -0.674. The largest absolute Gasteiger partial charge is 0.861 e. The molecule has 6 N–H and O–H groups in total. The third-order valence-corrected chi connectivity index (χ3v) is 8.08. The fourth-order valence-corrected chi connectivity index (χ4v) is 4.96. The molecule has 0 bridgehead atoms. The first-order valence-corrected chi connectivity index (χ1v) is 17.5. The highest BCUT2D eigenvalue weighted by Crippen LogP contribution is 2.19. The zero-order valence-electron chi connectivity index (χ0n) is 29.2. The van der Waals surface area contributed by atoms with E-state index in [1.165, 1.54) is 14.2 Å². The van der Waals surface area contributed by atoms with Gasteiger partial charge in [-0.1, -0.05) is 41.5 Å². The molecule has 2 heterocycles. The molecule has 2 rings (SSSR count). The van der Waals surface area contributed by atoms with Gasteiger partial charge in [0.25, 0.3) is 0 Å². The Morgan fingerprint density at radius 2 is 1.27 bits per heavy atom. The van der Waals surface area contributed by atoms with Gasteiger partial charge in [0.2, 0.25) is 22.1 Å². The molecule has 0 radical (unpaired) electrons. The van der Waals surface area contributed by atoms with Crippen LogP contribution >= 0.6 is 23.1 Å². The highest BCUT2D eigenvalue weighted by atomic mass is 32.1. The van der Waals surface area contributed by atoms with E-state index < -0.39 is 12.1 Å². The molecule has 16 nitrogen and oxygen atoms in total. The number of carbonyl (C=O) groups excluding carboxylic acids is 2. The van der Waals surface area contributed by atoms with E-state index in [0.717, 1.165) is 35.9 Å². The summed E-state index contributed by atoms with van der Waals surface area (Å²) < 4.78 is 17.5. The molecule has 2 aromatic heterocycles. The number of aliphatic imine (C=N–C) groups is 2. The lowest BCUT2D eigenvalue weighted by molar-refractivity contribution is -0.222. The maximum atomic E-state index is 12.0. The molecule has 272 valence electrons. The average Bonchev–Trinajstić information content (AvgIpc) is 3.68. The Morgan fingerprint density at radius 3 is 1.73 bits per heavy atom. The van der Waals surface area contributed by atoms with Gasteiger partial charge in [0.05, 0.1) is 14.2 Å². The van der Waals surface area contributed by atoms with Gasteiger partial charge < -0.3 is 51.8 Å². The van der Waals surface area contributed by atoms with Crippen LogP contribution in [0.3, 0.4) is 0 Å².